The van der Waals surface area contributed by atoms with E-state index in [9.17, 15) is 0 Å². The maximum atomic E-state index is 4.61. The molecule has 0 saturated carbocycles. The van der Waals surface area contributed by atoms with Gasteiger partial charge in [0, 0.05) is 88.9 Å². The highest BCUT2D eigenvalue weighted by Crippen LogP contribution is 2.19. The molecule has 140 valence electrons. The second kappa shape index (κ2) is 9.59. The summed E-state index contributed by atoms with van der Waals surface area (Å²) < 4.78 is 4.40. The fourth-order valence-corrected chi connectivity index (χ4v) is 4.89. The van der Waals surface area contributed by atoms with Gasteiger partial charge in [-0.1, -0.05) is 6.92 Å². The Morgan fingerprint density at radius 2 is 1.92 bits per heavy atom. The van der Waals surface area contributed by atoms with Crippen LogP contribution in [0.15, 0.2) is 4.99 Å². The quantitative estimate of drug-likeness (QED) is 0.597. The summed E-state index contributed by atoms with van der Waals surface area (Å²) in [5, 5.41) is 4.60. The fourth-order valence-electron chi connectivity index (χ4n) is 3.11. The van der Waals surface area contributed by atoms with E-state index in [0.29, 0.717) is 0 Å². The average molecular weight is 384 g/mol. The molecule has 0 amide bonds. The van der Waals surface area contributed by atoms with Crippen molar-refractivity contribution < 1.29 is 0 Å². The van der Waals surface area contributed by atoms with Crippen LogP contribution in [0.3, 0.4) is 0 Å². The second-order valence-electron chi connectivity index (χ2n) is 6.25. The first-order valence-corrected chi connectivity index (χ1v) is 11.1. The van der Waals surface area contributed by atoms with E-state index in [1.54, 1.807) is 0 Å². The van der Waals surface area contributed by atoms with Crippen LogP contribution >= 0.6 is 23.3 Å². The monoisotopic (exact) mass is 383 g/mol. The highest BCUT2D eigenvalue weighted by Gasteiger charge is 2.22. The molecule has 0 unspecified atom stereocenters. The van der Waals surface area contributed by atoms with Crippen molar-refractivity contribution >= 4 is 34.4 Å². The van der Waals surface area contributed by atoms with Crippen molar-refractivity contribution in [3.05, 3.63) is 5.82 Å². The average Bonchev–Trinajstić information content (AvgIpc) is 3.16. The highest BCUT2D eigenvalue weighted by atomic mass is 32.2. The van der Waals surface area contributed by atoms with Crippen molar-refractivity contribution in [3.63, 3.8) is 0 Å². The van der Waals surface area contributed by atoms with Gasteiger partial charge in [-0.2, -0.15) is 16.1 Å². The number of anilines is 1. The molecule has 1 aromatic heterocycles. The lowest BCUT2D eigenvalue weighted by molar-refractivity contribution is 0.303. The van der Waals surface area contributed by atoms with Crippen molar-refractivity contribution in [1.29, 1.82) is 0 Å². The molecule has 1 aromatic rings. The zero-order chi connectivity index (χ0) is 17.5. The Labute approximate surface area is 159 Å². The molecule has 1 N–H and O–H groups in total. The first-order chi connectivity index (χ1) is 12.3. The van der Waals surface area contributed by atoms with Crippen LogP contribution in [0.25, 0.3) is 0 Å². The van der Waals surface area contributed by atoms with Crippen LogP contribution in [-0.2, 0) is 6.42 Å². The summed E-state index contributed by atoms with van der Waals surface area (Å²) in [5.41, 5.74) is 0. The Hall–Kier alpha value is -1.06. The largest absolute Gasteiger partial charge is 0.355 e. The molecule has 0 radical (unpaired) electrons. The zero-order valence-corrected chi connectivity index (χ0v) is 16.9. The minimum atomic E-state index is 0.905. The van der Waals surface area contributed by atoms with Gasteiger partial charge < -0.3 is 15.1 Å². The van der Waals surface area contributed by atoms with E-state index < -0.39 is 0 Å². The molecule has 2 saturated heterocycles. The van der Waals surface area contributed by atoms with Crippen molar-refractivity contribution in [2.45, 2.75) is 13.3 Å². The number of aliphatic imine (C=N–C) groups is 1. The molecule has 2 aliphatic heterocycles. The Morgan fingerprint density at radius 1 is 1.16 bits per heavy atom. The minimum Gasteiger partial charge on any atom is -0.355 e. The van der Waals surface area contributed by atoms with E-state index in [4.69, 9.17) is 0 Å². The van der Waals surface area contributed by atoms with Crippen molar-refractivity contribution in [1.82, 2.24) is 24.5 Å². The van der Waals surface area contributed by atoms with Gasteiger partial charge in [0.25, 0.3) is 0 Å². The number of guanidine groups is 1. The van der Waals surface area contributed by atoms with E-state index in [2.05, 4.69) is 53.1 Å². The minimum absolute atomic E-state index is 0.905. The summed E-state index contributed by atoms with van der Waals surface area (Å²) in [6.07, 6.45) is 0.905. The van der Waals surface area contributed by atoms with Gasteiger partial charge in [-0.3, -0.25) is 9.89 Å². The Balaban J connectivity index is 1.42. The number of nitrogens with one attached hydrogen (secondary N) is 1. The maximum absolute atomic E-state index is 4.61. The molecule has 9 heteroatoms. The van der Waals surface area contributed by atoms with E-state index in [1.807, 2.05) is 7.05 Å². The van der Waals surface area contributed by atoms with E-state index in [-0.39, 0.29) is 0 Å². The highest BCUT2D eigenvalue weighted by molar-refractivity contribution is 7.99. The van der Waals surface area contributed by atoms with Gasteiger partial charge in [-0.15, -0.1) is 0 Å². The third-order valence-corrected chi connectivity index (χ3v) is 6.41. The van der Waals surface area contributed by atoms with Crippen LogP contribution in [0.1, 0.15) is 12.7 Å². The lowest BCUT2D eigenvalue weighted by atomic mass is 10.3. The lowest BCUT2D eigenvalue weighted by Gasteiger charge is -2.36. The first kappa shape index (κ1) is 18.7. The normalized spacial score (nSPS) is 20.2. The molecule has 2 aliphatic rings. The Bertz CT molecular complexity index is 548. The van der Waals surface area contributed by atoms with Crippen LogP contribution in [-0.4, -0.2) is 96.0 Å². The number of piperazine rings is 1. The van der Waals surface area contributed by atoms with Crippen molar-refractivity contribution in [2.75, 3.05) is 75.8 Å². The summed E-state index contributed by atoms with van der Waals surface area (Å²) in [5.74, 6) is 4.51. The van der Waals surface area contributed by atoms with Gasteiger partial charge >= 0.3 is 0 Å². The molecule has 3 heterocycles. The summed E-state index contributed by atoms with van der Waals surface area (Å²) in [4.78, 5) is 16.3. The number of aromatic nitrogens is 2. The predicted octanol–water partition coefficient (Wildman–Crippen LogP) is 0.847. The van der Waals surface area contributed by atoms with Crippen LogP contribution < -0.4 is 10.2 Å². The van der Waals surface area contributed by atoms with Gasteiger partial charge in [0.1, 0.15) is 5.82 Å². The van der Waals surface area contributed by atoms with Crippen LogP contribution in [0.2, 0.25) is 0 Å². The molecular formula is C16H29N7S2. The smallest absolute Gasteiger partial charge is 0.205 e. The van der Waals surface area contributed by atoms with E-state index in [0.717, 1.165) is 62.6 Å². The number of hydrogen-bond acceptors (Lipinski definition) is 7. The SMILES string of the molecule is CCc1nsc(N2CCN(C(=NC)NCCN3CCSCC3)CC2)n1. The summed E-state index contributed by atoms with van der Waals surface area (Å²) in [7, 11) is 1.88. The van der Waals surface area contributed by atoms with Crippen molar-refractivity contribution in [3.8, 4) is 0 Å². The summed E-state index contributed by atoms with van der Waals surface area (Å²) >= 11 is 3.58. The summed E-state index contributed by atoms with van der Waals surface area (Å²) in [6, 6.07) is 0. The van der Waals surface area contributed by atoms with Crippen LogP contribution in [0.4, 0.5) is 5.13 Å². The maximum Gasteiger partial charge on any atom is 0.205 e. The fraction of sp³-hybridized carbons (Fsp3) is 0.812. The molecule has 7 nitrogen and oxygen atoms in total. The van der Waals surface area contributed by atoms with Gasteiger partial charge in [0.2, 0.25) is 5.13 Å². The molecule has 0 spiro atoms. The molecule has 2 fully saturated rings. The predicted molar refractivity (Wildman–Crippen MR) is 108 cm³/mol. The molecule has 0 bridgehead atoms. The molecular weight excluding hydrogens is 354 g/mol. The topological polar surface area (TPSA) is 59.9 Å². The van der Waals surface area contributed by atoms with Gasteiger partial charge in [-0.25, -0.2) is 4.98 Å². The van der Waals surface area contributed by atoms with Gasteiger partial charge in [-0.05, 0) is 0 Å². The summed E-state index contributed by atoms with van der Waals surface area (Å²) in [6.45, 7) is 10.5. The first-order valence-electron chi connectivity index (χ1n) is 9.13. The van der Waals surface area contributed by atoms with Gasteiger partial charge in [0.15, 0.2) is 5.96 Å². The number of nitrogens with zero attached hydrogens (tertiary/aromatic N) is 6. The molecule has 0 aromatic carbocycles. The number of hydrogen-bond donors (Lipinski definition) is 1. The Kier molecular flexibility index (Phi) is 7.18. The molecule has 0 aliphatic carbocycles. The molecule has 25 heavy (non-hydrogen) atoms. The standard InChI is InChI=1S/C16H29N7S2/c1-3-14-19-16(25-20-14)23-8-6-22(7-9-23)15(17-2)18-4-5-21-10-12-24-13-11-21/h3-13H2,1-2H3,(H,17,18). The van der Waals surface area contributed by atoms with E-state index >= 15 is 0 Å². The Morgan fingerprint density at radius 3 is 2.56 bits per heavy atom. The van der Waals surface area contributed by atoms with Crippen LogP contribution in [0, 0.1) is 0 Å². The third-order valence-electron chi connectivity index (χ3n) is 4.65. The van der Waals surface area contributed by atoms with E-state index in [1.165, 1.54) is 36.1 Å². The van der Waals surface area contributed by atoms with Crippen molar-refractivity contribution in [2.24, 2.45) is 4.99 Å². The number of rotatable bonds is 5. The number of thioether (sulfide) groups is 1. The van der Waals surface area contributed by atoms with Crippen LogP contribution in [0.5, 0.6) is 0 Å². The third kappa shape index (κ3) is 5.21. The number of aryl methyl sites for hydroxylation is 1. The zero-order valence-electron chi connectivity index (χ0n) is 15.3. The second-order valence-corrected chi connectivity index (χ2v) is 8.20. The lowest BCUT2D eigenvalue weighted by Crippen LogP contribution is -2.53. The van der Waals surface area contributed by atoms with Gasteiger partial charge in [0.05, 0.1) is 0 Å². The molecule has 3 rings (SSSR count). The molecule has 0 atom stereocenters.